The molecule has 0 fully saturated rings. The van der Waals surface area contributed by atoms with Gasteiger partial charge >= 0.3 is 17.8 Å². The summed E-state index contributed by atoms with van der Waals surface area (Å²) < 4.78 is 45.8. The minimum atomic E-state index is -4.52. The third kappa shape index (κ3) is 2.44. The molecule has 28 heavy (non-hydrogen) atoms. The molecule has 0 atom stereocenters. The number of aryl methyl sites for hydroxylation is 1. The molecule has 0 bridgehead atoms. The highest BCUT2D eigenvalue weighted by Crippen LogP contribution is 2.35. The first-order chi connectivity index (χ1) is 13.1. The monoisotopic (exact) mass is 392 g/mol. The first kappa shape index (κ1) is 18.0. The molecule has 0 saturated heterocycles. The smallest absolute Gasteiger partial charge is 0.417 e. The van der Waals surface area contributed by atoms with Gasteiger partial charge in [-0.1, -0.05) is 12.1 Å². The van der Waals surface area contributed by atoms with Gasteiger partial charge in [0.1, 0.15) is 10.9 Å². The van der Waals surface area contributed by atoms with Crippen LogP contribution in [0.1, 0.15) is 21.6 Å². The number of pyridine rings is 1. The summed E-state index contributed by atoms with van der Waals surface area (Å²) in [6, 6.07) is 4.12. The summed E-state index contributed by atoms with van der Waals surface area (Å²) in [7, 11) is 2.73. The number of halogens is 3. The summed E-state index contributed by atoms with van der Waals surface area (Å²) in [6.07, 6.45) is -4.52. The zero-order valence-corrected chi connectivity index (χ0v) is 14.7. The molecule has 4 rings (SSSR count). The second kappa shape index (κ2) is 5.78. The van der Waals surface area contributed by atoms with Crippen LogP contribution < -0.4 is 16.2 Å². The van der Waals surface area contributed by atoms with Crippen molar-refractivity contribution in [2.75, 3.05) is 0 Å². The highest BCUT2D eigenvalue weighted by atomic mass is 19.4. The molecule has 7 nitrogen and oxygen atoms in total. The number of carbonyl (C=O) groups is 1. The molecule has 1 aromatic carbocycles. The van der Waals surface area contributed by atoms with Crippen LogP contribution in [-0.2, 0) is 31.6 Å². The molecule has 0 aliphatic carbocycles. The molecule has 3 heterocycles. The zero-order valence-electron chi connectivity index (χ0n) is 14.7. The van der Waals surface area contributed by atoms with Gasteiger partial charge in [0.2, 0.25) is 0 Å². The van der Waals surface area contributed by atoms with E-state index in [1.54, 1.807) is 0 Å². The molecule has 0 amide bonds. The normalized spacial score (nSPS) is 13.7. The molecule has 0 unspecified atom stereocenters. The van der Waals surface area contributed by atoms with Gasteiger partial charge in [-0.3, -0.25) is 4.79 Å². The molecule has 10 heteroatoms. The second-order valence-electron chi connectivity index (χ2n) is 6.43. The van der Waals surface area contributed by atoms with Gasteiger partial charge in [-0.05, 0) is 17.7 Å². The number of nitrogens with zero attached hydrogens (tertiary/aromatic N) is 2. The fourth-order valence-electron chi connectivity index (χ4n) is 3.36. The highest BCUT2D eigenvalue weighted by Gasteiger charge is 2.35. The molecule has 0 saturated carbocycles. The quantitative estimate of drug-likeness (QED) is 0.586. The van der Waals surface area contributed by atoms with Gasteiger partial charge in [0.25, 0.3) is 11.2 Å². The number of aromatic amines is 1. The van der Waals surface area contributed by atoms with Gasteiger partial charge in [-0.2, -0.15) is 17.7 Å². The van der Waals surface area contributed by atoms with Gasteiger partial charge in [-0.25, -0.2) is 19.1 Å². The zero-order chi connectivity index (χ0) is 20.4. The lowest BCUT2D eigenvalue weighted by atomic mass is 9.95. The summed E-state index contributed by atoms with van der Waals surface area (Å²) in [5.74, 6) is -0.695. The SMILES string of the molecule is Cn1c(=O)c2c(-c3ccc(C(F)(F)F)cc3)c3c([nH+]c2n(C)c1=O)COC3=O. The van der Waals surface area contributed by atoms with Gasteiger partial charge in [0.15, 0.2) is 12.3 Å². The average Bonchev–Trinajstić information content (AvgIpc) is 3.03. The second-order valence-corrected chi connectivity index (χ2v) is 6.43. The fourth-order valence-corrected chi connectivity index (χ4v) is 3.36. The summed E-state index contributed by atoms with van der Waals surface area (Å²) in [5.41, 5.74) is -1.18. The molecule has 144 valence electrons. The maximum Gasteiger partial charge on any atom is 0.417 e. The van der Waals surface area contributed by atoms with Gasteiger partial charge in [0.05, 0.1) is 12.6 Å². The Bertz CT molecular complexity index is 1270. The molecule has 1 N–H and O–H groups in total. The molecule has 1 aliphatic rings. The Balaban J connectivity index is 2.16. The highest BCUT2D eigenvalue weighted by molar-refractivity contribution is 6.07. The maximum absolute atomic E-state index is 12.9. The number of benzene rings is 1. The van der Waals surface area contributed by atoms with Gasteiger partial charge in [-0.15, -0.1) is 0 Å². The van der Waals surface area contributed by atoms with E-state index in [1.165, 1.54) is 30.8 Å². The van der Waals surface area contributed by atoms with Crippen LogP contribution in [-0.4, -0.2) is 15.1 Å². The van der Waals surface area contributed by atoms with E-state index in [1.807, 2.05) is 0 Å². The third-order valence-corrected chi connectivity index (χ3v) is 4.79. The lowest BCUT2D eigenvalue weighted by molar-refractivity contribution is -0.365. The third-order valence-electron chi connectivity index (χ3n) is 4.79. The Morgan fingerprint density at radius 2 is 1.64 bits per heavy atom. The van der Waals surface area contributed by atoms with Crippen LogP contribution in [0.25, 0.3) is 22.2 Å². The molecule has 0 spiro atoms. The number of ether oxygens (including phenoxy) is 1. The topological polar surface area (TPSA) is 84.4 Å². The van der Waals surface area contributed by atoms with E-state index < -0.39 is 29.0 Å². The van der Waals surface area contributed by atoms with Crippen LogP contribution >= 0.6 is 0 Å². The average molecular weight is 392 g/mol. The molecular formula is C18H13F3N3O4+. The predicted octanol–water partition coefficient (Wildman–Crippen LogP) is 1.41. The number of hydrogen-bond donors (Lipinski definition) is 0. The van der Waals surface area contributed by atoms with Crippen molar-refractivity contribution in [3.63, 3.8) is 0 Å². The van der Waals surface area contributed by atoms with E-state index in [0.717, 1.165) is 16.7 Å². The van der Waals surface area contributed by atoms with Crippen LogP contribution in [0.5, 0.6) is 0 Å². The predicted molar refractivity (Wildman–Crippen MR) is 90.5 cm³/mol. The van der Waals surface area contributed by atoms with Gasteiger partial charge < -0.3 is 4.74 Å². The fraction of sp³-hybridized carbons (Fsp3) is 0.222. The molecule has 0 radical (unpaired) electrons. The van der Waals surface area contributed by atoms with E-state index in [4.69, 9.17) is 4.74 Å². The van der Waals surface area contributed by atoms with Crippen molar-refractivity contribution in [2.24, 2.45) is 14.1 Å². The Morgan fingerprint density at radius 3 is 2.25 bits per heavy atom. The minimum absolute atomic E-state index is 0.0157. The van der Waals surface area contributed by atoms with Crippen molar-refractivity contribution in [2.45, 2.75) is 12.8 Å². The standard InChI is InChI=1S/C18H12F3N3O4/c1-23-14-13(15(25)24(2)17(23)27)11(12-10(22-14)7-28-16(12)26)8-3-5-9(6-4-8)18(19,20)21/h3-6H,7H2,1-2H3/p+1. The number of hydrogen-bond acceptors (Lipinski definition) is 4. The lowest BCUT2D eigenvalue weighted by Gasteiger charge is -2.11. The Kier molecular flexibility index (Phi) is 3.71. The number of fused-ring (bicyclic) bond motifs is 2. The minimum Gasteiger partial charge on any atom is -0.453 e. The largest absolute Gasteiger partial charge is 0.453 e. The number of aromatic nitrogens is 3. The number of rotatable bonds is 1. The molecule has 2 aromatic heterocycles. The Labute approximate surface area is 154 Å². The molecule has 3 aromatic rings. The van der Waals surface area contributed by atoms with Crippen LogP contribution in [0, 0.1) is 0 Å². The summed E-state index contributed by atoms with van der Waals surface area (Å²) in [6.45, 7) is -0.0961. The first-order valence-corrected chi connectivity index (χ1v) is 8.14. The summed E-state index contributed by atoms with van der Waals surface area (Å²) >= 11 is 0. The van der Waals surface area contributed by atoms with Crippen molar-refractivity contribution in [3.05, 3.63) is 61.9 Å². The van der Waals surface area contributed by atoms with E-state index in [0.29, 0.717) is 5.69 Å². The van der Waals surface area contributed by atoms with Gasteiger partial charge in [0, 0.05) is 12.6 Å². The van der Waals surface area contributed by atoms with Crippen molar-refractivity contribution < 1.29 is 27.7 Å². The summed E-state index contributed by atoms with van der Waals surface area (Å²) in [4.78, 5) is 40.2. The molecular weight excluding hydrogens is 379 g/mol. The molecule has 1 aliphatic heterocycles. The number of nitrogens with one attached hydrogen (secondary N) is 1. The number of esters is 1. The number of carbonyl (C=O) groups excluding carboxylic acids is 1. The van der Waals surface area contributed by atoms with Crippen LogP contribution in [0.3, 0.4) is 0 Å². The van der Waals surface area contributed by atoms with Crippen LogP contribution in [0.4, 0.5) is 13.2 Å². The summed E-state index contributed by atoms with van der Waals surface area (Å²) in [5, 5.41) is 0.0157. The van der Waals surface area contributed by atoms with E-state index in [9.17, 15) is 27.6 Å². The van der Waals surface area contributed by atoms with E-state index in [2.05, 4.69) is 4.98 Å². The van der Waals surface area contributed by atoms with Crippen molar-refractivity contribution in [1.29, 1.82) is 0 Å². The Morgan fingerprint density at radius 1 is 1.00 bits per heavy atom. The van der Waals surface area contributed by atoms with E-state index in [-0.39, 0.29) is 34.3 Å². The number of H-pyrrole nitrogens is 1. The van der Waals surface area contributed by atoms with Crippen LogP contribution in [0.2, 0.25) is 0 Å². The van der Waals surface area contributed by atoms with Crippen molar-refractivity contribution >= 4 is 17.0 Å². The number of alkyl halides is 3. The van der Waals surface area contributed by atoms with Crippen molar-refractivity contribution in [1.82, 2.24) is 9.13 Å². The van der Waals surface area contributed by atoms with Crippen molar-refractivity contribution in [3.8, 4) is 11.1 Å². The first-order valence-electron chi connectivity index (χ1n) is 8.14. The number of cyclic esters (lactones) is 1. The maximum atomic E-state index is 12.9. The lowest BCUT2D eigenvalue weighted by Crippen LogP contribution is -2.40. The van der Waals surface area contributed by atoms with Crippen LogP contribution in [0.15, 0.2) is 33.9 Å². The van der Waals surface area contributed by atoms with E-state index >= 15 is 0 Å². The Hall–Kier alpha value is -3.43.